The number of carbonyl (C=O) groups excluding carboxylic acids is 1. The summed E-state index contributed by atoms with van der Waals surface area (Å²) in [6, 6.07) is 8.08. The van der Waals surface area contributed by atoms with Crippen LogP contribution in [0.15, 0.2) is 60.8 Å². The van der Waals surface area contributed by atoms with Crippen LogP contribution >= 0.6 is 0 Å². The maximum atomic E-state index is 12.3. The lowest BCUT2D eigenvalue weighted by molar-refractivity contribution is 0.0967. The molecule has 2 nitrogen and oxygen atoms in total. The topological polar surface area (TPSA) is 29.1 Å². The highest BCUT2D eigenvalue weighted by atomic mass is 16.1. The molecular formula is C20H25NO. The van der Waals surface area contributed by atoms with E-state index in [0.29, 0.717) is 11.5 Å². The van der Waals surface area contributed by atoms with Crippen molar-refractivity contribution in [2.24, 2.45) is 0 Å². The van der Waals surface area contributed by atoms with Gasteiger partial charge in [0.25, 0.3) is 5.91 Å². The number of carbonyl (C=O) groups is 1. The monoisotopic (exact) mass is 295 g/mol. The van der Waals surface area contributed by atoms with Crippen molar-refractivity contribution in [3.63, 3.8) is 0 Å². The van der Waals surface area contributed by atoms with Gasteiger partial charge in [-0.05, 0) is 55.5 Å². The van der Waals surface area contributed by atoms with Gasteiger partial charge in [-0.25, -0.2) is 0 Å². The van der Waals surface area contributed by atoms with Gasteiger partial charge in [0.1, 0.15) is 0 Å². The Hall–Kier alpha value is -2.09. The molecule has 0 atom stereocenters. The molecule has 0 aliphatic heterocycles. The first-order valence-electron chi connectivity index (χ1n) is 8.11. The van der Waals surface area contributed by atoms with E-state index in [1.54, 1.807) is 12.2 Å². The van der Waals surface area contributed by atoms with Crippen LogP contribution in [0.2, 0.25) is 0 Å². The van der Waals surface area contributed by atoms with Crippen molar-refractivity contribution in [1.82, 2.24) is 5.32 Å². The summed E-state index contributed by atoms with van der Waals surface area (Å²) in [5.41, 5.74) is 2.81. The molecule has 0 aromatic heterocycles. The molecule has 0 unspecified atom stereocenters. The summed E-state index contributed by atoms with van der Waals surface area (Å²) in [5, 5.41) is 2.90. The molecule has 1 saturated carbocycles. The van der Waals surface area contributed by atoms with Crippen molar-refractivity contribution in [1.29, 1.82) is 0 Å². The van der Waals surface area contributed by atoms with Crippen LogP contribution in [0, 0.1) is 0 Å². The maximum Gasteiger partial charge on any atom is 0.255 e. The third kappa shape index (κ3) is 4.45. The van der Waals surface area contributed by atoms with Gasteiger partial charge in [0, 0.05) is 11.3 Å². The number of amides is 1. The first kappa shape index (κ1) is 16.3. The largest absolute Gasteiger partial charge is 0.322 e. The summed E-state index contributed by atoms with van der Waals surface area (Å²) >= 11 is 0. The van der Waals surface area contributed by atoms with Crippen LogP contribution < -0.4 is 5.32 Å². The van der Waals surface area contributed by atoms with E-state index in [0.717, 1.165) is 5.70 Å². The number of nitrogens with one attached hydrogen (secondary N) is 1. The molecule has 1 fully saturated rings. The molecule has 1 N–H and O–H groups in total. The standard InChI is InChI=1S/C20H25NO/c1-3-8-19(9-4-2)21-20(22)18-14-12-17(13-15-18)16-10-6-5-7-11-16/h3-4,8-9,12-16H,1,5-7,10-11H2,2H3,(H,21,22)/b9-4-,19-8+. The summed E-state index contributed by atoms with van der Waals surface area (Å²) in [6.07, 6.45) is 13.8. The first-order chi connectivity index (χ1) is 10.7. The quantitative estimate of drug-likeness (QED) is 0.751. The van der Waals surface area contributed by atoms with Crippen LogP contribution in [0.25, 0.3) is 0 Å². The molecule has 2 rings (SSSR count). The fourth-order valence-electron chi connectivity index (χ4n) is 2.99. The van der Waals surface area contributed by atoms with E-state index < -0.39 is 0 Å². The zero-order valence-corrected chi connectivity index (χ0v) is 13.3. The van der Waals surface area contributed by atoms with Crippen LogP contribution in [-0.4, -0.2) is 5.91 Å². The third-order valence-corrected chi connectivity index (χ3v) is 4.15. The SMILES string of the molecule is C=C/C=C(\C=C/C)NC(=O)c1ccc(C2CCCCC2)cc1. The van der Waals surface area contributed by atoms with E-state index in [1.165, 1.54) is 37.7 Å². The van der Waals surface area contributed by atoms with Gasteiger partial charge in [-0.15, -0.1) is 0 Å². The Morgan fingerprint density at radius 1 is 1.18 bits per heavy atom. The highest BCUT2D eigenvalue weighted by Gasteiger charge is 2.15. The normalized spacial score (nSPS) is 16.7. The lowest BCUT2D eigenvalue weighted by Crippen LogP contribution is -2.21. The average Bonchev–Trinajstić information content (AvgIpc) is 2.56. The fraction of sp³-hybridized carbons (Fsp3) is 0.350. The molecular weight excluding hydrogens is 270 g/mol. The molecule has 0 heterocycles. The molecule has 0 spiro atoms. The number of hydrogen-bond donors (Lipinski definition) is 1. The summed E-state index contributed by atoms with van der Waals surface area (Å²) in [5.74, 6) is 0.589. The van der Waals surface area contributed by atoms with Crippen LogP contribution in [0.3, 0.4) is 0 Å². The Balaban J connectivity index is 2.04. The van der Waals surface area contributed by atoms with E-state index in [2.05, 4.69) is 24.0 Å². The van der Waals surface area contributed by atoms with Gasteiger partial charge in [-0.2, -0.15) is 0 Å². The molecule has 22 heavy (non-hydrogen) atoms. The third-order valence-electron chi connectivity index (χ3n) is 4.15. The van der Waals surface area contributed by atoms with E-state index in [-0.39, 0.29) is 5.91 Å². The van der Waals surface area contributed by atoms with Gasteiger partial charge in [-0.1, -0.05) is 50.1 Å². The van der Waals surface area contributed by atoms with Gasteiger partial charge < -0.3 is 5.32 Å². The average molecular weight is 295 g/mol. The van der Waals surface area contributed by atoms with Crippen molar-refractivity contribution in [3.05, 3.63) is 72.0 Å². The van der Waals surface area contributed by atoms with E-state index >= 15 is 0 Å². The first-order valence-corrected chi connectivity index (χ1v) is 8.11. The van der Waals surface area contributed by atoms with Crippen LogP contribution in [0.4, 0.5) is 0 Å². The Morgan fingerprint density at radius 2 is 1.86 bits per heavy atom. The molecule has 1 aromatic rings. The Bertz CT molecular complexity index is 560. The van der Waals surface area contributed by atoms with Gasteiger partial charge >= 0.3 is 0 Å². The number of hydrogen-bond acceptors (Lipinski definition) is 1. The second-order valence-electron chi connectivity index (χ2n) is 5.77. The summed E-state index contributed by atoms with van der Waals surface area (Å²) in [6.45, 7) is 5.58. The van der Waals surface area contributed by atoms with E-state index in [4.69, 9.17) is 0 Å². The van der Waals surface area contributed by atoms with Gasteiger partial charge in [0.15, 0.2) is 0 Å². The zero-order chi connectivity index (χ0) is 15.8. The smallest absolute Gasteiger partial charge is 0.255 e. The minimum Gasteiger partial charge on any atom is -0.322 e. The molecule has 1 aliphatic carbocycles. The van der Waals surface area contributed by atoms with Crippen LogP contribution in [0.5, 0.6) is 0 Å². The number of allylic oxidation sites excluding steroid dienone is 4. The lowest BCUT2D eigenvalue weighted by Gasteiger charge is -2.22. The minimum atomic E-state index is -0.0820. The molecule has 1 aliphatic rings. The van der Waals surface area contributed by atoms with Gasteiger partial charge in [-0.3, -0.25) is 4.79 Å². The molecule has 0 saturated heterocycles. The molecule has 0 radical (unpaired) electrons. The minimum absolute atomic E-state index is 0.0820. The van der Waals surface area contributed by atoms with Gasteiger partial charge in [0.05, 0.1) is 0 Å². The summed E-state index contributed by atoms with van der Waals surface area (Å²) in [4.78, 5) is 12.3. The van der Waals surface area contributed by atoms with Crippen molar-refractivity contribution in [3.8, 4) is 0 Å². The van der Waals surface area contributed by atoms with E-state index in [9.17, 15) is 4.79 Å². The molecule has 1 aromatic carbocycles. The van der Waals surface area contributed by atoms with Crippen molar-refractivity contribution >= 4 is 5.91 Å². The molecule has 116 valence electrons. The second kappa shape index (κ2) is 8.38. The zero-order valence-electron chi connectivity index (χ0n) is 13.3. The van der Waals surface area contributed by atoms with Crippen LogP contribution in [0.1, 0.15) is 60.9 Å². The molecule has 2 heteroatoms. The second-order valence-corrected chi connectivity index (χ2v) is 5.77. The predicted octanol–water partition coefficient (Wildman–Crippen LogP) is 5.11. The summed E-state index contributed by atoms with van der Waals surface area (Å²) < 4.78 is 0. The van der Waals surface area contributed by atoms with Crippen LogP contribution in [-0.2, 0) is 0 Å². The molecule has 1 amide bonds. The Kier molecular flexibility index (Phi) is 6.20. The van der Waals surface area contributed by atoms with E-state index in [1.807, 2.05) is 31.2 Å². The predicted molar refractivity (Wildman–Crippen MR) is 92.8 cm³/mol. The number of rotatable bonds is 5. The fourth-order valence-corrected chi connectivity index (χ4v) is 2.99. The number of benzene rings is 1. The molecule has 0 bridgehead atoms. The van der Waals surface area contributed by atoms with Crippen molar-refractivity contribution in [2.75, 3.05) is 0 Å². The Labute approximate surface area is 133 Å². The summed E-state index contributed by atoms with van der Waals surface area (Å²) in [7, 11) is 0. The van der Waals surface area contributed by atoms with Gasteiger partial charge in [0.2, 0.25) is 0 Å². The maximum absolute atomic E-state index is 12.3. The van der Waals surface area contributed by atoms with Crippen molar-refractivity contribution in [2.45, 2.75) is 44.9 Å². The van der Waals surface area contributed by atoms with Crippen molar-refractivity contribution < 1.29 is 4.79 Å². The highest BCUT2D eigenvalue weighted by Crippen LogP contribution is 2.32. The Morgan fingerprint density at radius 3 is 2.45 bits per heavy atom. The highest BCUT2D eigenvalue weighted by molar-refractivity contribution is 5.95. The lowest BCUT2D eigenvalue weighted by atomic mass is 9.84.